The molecule has 0 radical (unpaired) electrons. The lowest BCUT2D eigenvalue weighted by Crippen LogP contribution is -2.52. The summed E-state index contributed by atoms with van der Waals surface area (Å²) in [6.45, 7) is 6.58. The second-order valence-corrected chi connectivity index (χ2v) is 9.56. The molecular formula is C29H34FN5O3. The molecule has 3 aromatic rings. The number of methoxy groups -OCH3 is 1. The lowest BCUT2D eigenvalue weighted by atomic mass is 10.1. The molecule has 0 aliphatic carbocycles. The molecule has 1 atom stereocenters. The van der Waals surface area contributed by atoms with Crippen LogP contribution in [-0.4, -0.2) is 78.2 Å². The highest BCUT2D eigenvalue weighted by Crippen LogP contribution is 2.23. The van der Waals surface area contributed by atoms with Crippen LogP contribution in [0.1, 0.15) is 30.6 Å². The van der Waals surface area contributed by atoms with Crippen molar-refractivity contribution in [1.29, 1.82) is 0 Å². The maximum Gasteiger partial charge on any atom is 0.257 e. The number of rotatable bonds is 9. The Morgan fingerprint density at radius 1 is 1.03 bits per heavy atom. The number of amides is 2. The van der Waals surface area contributed by atoms with Gasteiger partial charge in [0, 0.05) is 38.3 Å². The van der Waals surface area contributed by atoms with Crippen molar-refractivity contribution in [3.05, 3.63) is 72.0 Å². The molecule has 2 heterocycles. The highest BCUT2D eigenvalue weighted by atomic mass is 19.1. The van der Waals surface area contributed by atoms with Crippen LogP contribution in [0.5, 0.6) is 5.75 Å². The van der Waals surface area contributed by atoms with Gasteiger partial charge >= 0.3 is 0 Å². The molecule has 1 saturated heterocycles. The van der Waals surface area contributed by atoms with Gasteiger partial charge in [-0.2, -0.15) is 0 Å². The Labute approximate surface area is 223 Å². The van der Waals surface area contributed by atoms with E-state index in [2.05, 4.69) is 15.1 Å². The number of aromatic nitrogens is 2. The summed E-state index contributed by atoms with van der Waals surface area (Å²) < 4.78 is 19.6. The molecule has 1 aliphatic rings. The molecule has 4 rings (SSSR count). The monoisotopic (exact) mass is 519 g/mol. The van der Waals surface area contributed by atoms with Gasteiger partial charge in [0.05, 0.1) is 18.4 Å². The fourth-order valence-electron chi connectivity index (χ4n) is 4.41. The fourth-order valence-corrected chi connectivity index (χ4v) is 4.41. The summed E-state index contributed by atoms with van der Waals surface area (Å²) in [6.07, 6.45) is 0.853. The molecule has 1 fully saturated rings. The summed E-state index contributed by atoms with van der Waals surface area (Å²) in [5, 5.41) is 8.78. The number of carbonyl (C=O) groups is 2. The quantitative estimate of drug-likeness (QED) is 0.423. The number of hydrogen-bond donors (Lipinski definition) is 0. The van der Waals surface area contributed by atoms with E-state index in [4.69, 9.17) is 4.74 Å². The molecule has 1 aliphatic heterocycles. The first kappa shape index (κ1) is 27.0. The number of nitrogens with zero attached hydrogens (tertiary/aromatic N) is 5. The smallest absolute Gasteiger partial charge is 0.257 e. The van der Waals surface area contributed by atoms with Gasteiger partial charge in [0.15, 0.2) is 5.82 Å². The van der Waals surface area contributed by atoms with Crippen LogP contribution in [0, 0.1) is 11.7 Å². The first-order valence-corrected chi connectivity index (χ1v) is 12.9. The van der Waals surface area contributed by atoms with Gasteiger partial charge in [-0.3, -0.25) is 9.59 Å². The normalized spacial score (nSPS) is 14.2. The summed E-state index contributed by atoms with van der Waals surface area (Å²) >= 11 is 0. The highest BCUT2D eigenvalue weighted by molar-refractivity contribution is 5.96. The zero-order chi connectivity index (χ0) is 27.1. The number of anilines is 1. The largest absolute Gasteiger partial charge is 0.497 e. The average molecular weight is 520 g/mol. The second-order valence-electron chi connectivity index (χ2n) is 9.56. The topological polar surface area (TPSA) is 78.9 Å². The Balaban J connectivity index is 1.37. The van der Waals surface area contributed by atoms with Crippen LogP contribution in [0.25, 0.3) is 11.3 Å². The van der Waals surface area contributed by atoms with Crippen LogP contribution in [0.3, 0.4) is 0 Å². The highest BCUT2D eigenvalue weighted by Gasteiger charge is 2.27. The third-order valence-corrected chi connectivity index (χ3v) is 6.92. The number of hydrogen-bond acceptors (Lipinski definition) is 6. The van der Waals surface area contributed by atoms with E-state index in [0.29, 0.717) is 32.7 Å². The maximum absolute atomic E-state index is 14.3. The third-order valence-electron chi connectivity index (χ3n) is 6.92. The minimum Gasteiger partial charge on any atom is -0.497 e. The standard InChI is InChI=1S/C29H34FN5O3/c1-4-21(2)19-35(29(37)24-10-5-6-11-25(24)30)20-28(36)34-16-14-33(15-17-34)27-13-12-26(31-32-27)22-8-7-9-23(18-22)38-3/h5-13,18,21H,4,14-17,19-20H2,1-3H3/t21-/m0/s1. The Morgan fingerprint density at radius 2 is 1.79 bits per heavy atom. The van der Waals surface area contributed by atoms with Crippen molar-refractivity contribution in [3.63, 3.8) is 0 Å². The van der Waals surface area contributed by atoms with E-state index in [0.717, 1.165) is 29.2 Å². The molecule has 0 N–H and O–H groups in total. The lowest BCUT2D eigenvalue weighted by molar-refractivity contribution is -0.132. The van der Waals surface area contributed by atoms with Gasteiger partial charge in [0.2, 0.25) is 5.91 Å². The molecule has 0 unspecified atom stereocenters. The van der Waals surface area contributed by atoms with E-state index in [9.17, 15) is 14.0 Å². The summed E-state index contributed by atoms with van der Waals surface area (Å²) in [4.78, 5) is 31.6. The molecule has 8 nitrogen and oxygen atoms in total. The van der Waals surface area contributed by atoms with Gasteiger partial charge in [0.1, 0.15) is 18.1 Å². The molecule has 9 heteroatoms. The van der Waals surface area contributed by atoms with Gasteiger partial charge < -0.3 is 19.4 Å². The van der Waals surface area contributed by atoms with Gasteiger partial charge in [-0.15, -0.1) is 10.2 Å². The Morgan fingerprint density at radius 3 is 2.45 bits per heavy atom. The van der Waals surface area contributed by atoms with Crippen molar-refractivity contribution in [2.75, 3.05) is 51.3 Å². The van der Waals surface area contributed by atoms with Crippen molar-refractivity contribution in [1.82, 2.24) is 20.0 Å². The molecule has 1 aromatic heterocycles. The number of piperazine rings is 1. The van der Waals surface area contributed by atoms with E-state index >= 15 is 0 Å². The van der Waals surface area contributed by atoms with Gasteiger partial charge in [-0.05, 0) is 42.3 Å². The minimum absolute atomic E-state index is 0.00982. The number of ether oxygens (including phenoxy) is 1. The first-order chi connectivity index (χ1) is 18.4. The summed E-state index contributed by atoms with van der Waals surface area (Å²) in [5.41, 5.74) is 1.66. The van der Waals surface area contributed by atoms with Crippen molar-refractivity contribution >= 4 is 17.6 Å². The van der Waals surface area contributed by atoms with Crippen LogP contribution in [0.15, 0.2) is 60.7 Å². The zero-order valence-corrected chi connectivity index (χ0v) is 22.1. The Hall–Kier alpha value is -4.01. The lowest BCUT2D eigenvalue weighted by Gasteiger charge is -2.36. The zero-order valence-electron chi connectivity index (χ0n) is 22.1. The molecular weight excluding hydrogens is 485 g/mol. The van der Waals surface area contributed by atoms with Gasteiger partial charge in [0.25, 0.3) is 5.91 Å². The molecule has 0 spiro atoms. The minimum atomic E-state index is -0.578. The third kappa shape index (κ3) is 6.45. The van der Waals surface area contributed by atoms with E-state index < -0.39 is 11.7 Å². The van der Waals surface area contributed by atoms with E-state index in [1.807, 2.05) is 50.2 Å². The van der Waals surface area contributed by atoms with Crippen molar-refractivity contribution in [2.45, 2.75) is 20.3 Å². The predicted octanol–water partition coefficient (Wildman–Crippen LogP) is 4.13. The van der Waals surface area contributed by atoms with Crippen molar-refractivity contribution < 1.29 is 18.7 Å². The van der Waals surface area contributed by atoms with Crippen LogP contribution >= 0.6 is 0 Å². The molecule has 200 valence electrons. The second kappa shape index (κ2) is 12.5. The molecule has 2 aromatic carbocycles. The van der Waals surface area contributed by atoms with Crippen LogP contribution in [0.2, 0.25) is 0 Å². The fraction of sp³-hybridized carbons (Fsp3) is 0.379. The van der Waals surface area contributed by atoms with Crippen LogP contribution in [0.4, 0.5) is 10.2 Å². The summed E-state index contributed by atoms with van der Waals surface area (Å²) in [5.74, 6) is 0.517. The van der Waals surface area contributed by atoms with Gasteiger partial charge in [-0.25, -0.2) is 4.39 Å². The van der Waals surface area contributed by atoms with Gasteiger partial charge in [-0.1, -0.05) is 44.5 Å². The van der Waals surface area contributed by atoms with Crippen LogP contribution in [-0.2, 0) is 4.79 Å². The summed E-state index contributed by atoms with van der Waals surface area (Å²) in [6, 6.07) is 17.4. The average Bonchev–Trinajstić information content (AvgIpc) is 2.96. The van der Waals surface area contributed by atoms with E-state index in [1.54, 1.807) is 24.1 Å². The van der Waals surface area contributed by atoms with Crippen LogP contribution < -0.4 is 9.64 Å². The predicted molar refractivity (Wildman–Crippen MR) is 145 cm³/mol. The number of carbonyl (C=O) groups excluding carboxylic acids is 2. The Kier molecular flexibility index (Phi) is 8.89. The molecule has 0 saturated carbocycles. The van der Waals surface area contributed by atoms with E-state index in [-0.39, 0.29) is 23.9 Å². The molecule has 2 amide bonds. The maximum atomic E-state index is 14.3. The number of benzene rings is 2. The SMILES string of the molecule is CC[C@H](C)CN(CC(=O)N1CCN(c2ccc(-c3cccc(OC)c3)nn2)CC1)C(=O)c1ccccc1F. The Bertz CT molecular complexity index is 1240. The first-order valence-electron chi connectivity index (χ1n) is 12.9. The number of halogens is 1. The van der Waals surface area contributed by atoms with Crippen molar-refractivity contribution in [3.8, 4) is 17.0 Å². The summed E-state index contributed by atoms with van der Waals surface area (Å²) in [7, 11) is 1.63. The van der Waals surface area contributed by atoms with Crippen molar-refractivity contribution in [2.24, 2.45) is 5.92 Å². The van der Waals surface area contributed by atoms with E-state index in [1.165, 1.54) is 17.0 Å². The molecule has 0 bridgehead atoms. The molecule has 38 heavy (non-hydrogen) atoms.